The number of amides is 1. The van der Waals surface area contributed by atoms with Crippen molar-refractivity contribution in [2.24, 2.45) is 0 Å². The van der Waals surface area contributed by atoms with Crippen LogP contribution in [0.15, 0.2) is 42.5 Å². The van der Waals surface area contributed by atoms with E-state index in [-0.39, 0.29) is 30.2 Å². The number of hydrogen-bond acceptors (Lipinski definition) is 8. The second-order valence-electron chi connectivity index (χ2n) is 5.57. The van der Waals surface area contributed by atoms with E-state index in [1.54, 1.807) is 24.3 Å². The third kappa shape index (κ3) is 6.09. The van der Waals surface area contributed by atoms with Gasteiger partial charge in [-0.15, -0.1) is 0 Å². The third-order valence-electron chi connectivity index (χ3n) is 3.70. The quantitative estimate of drug-likeness (QED) is 0.276. The predicted molar refractivity (Wildman–Crippen MR) is 101 cm³/mol. The number of carbonyl (C=O) groups is 2. The number of hydrogen-bond donors (Lipinski definition) is 1. The molecule has 0 atom stereocenters. The Balaban J connectivity index is 1.81. The highest BCUT2D eigenvalue weighted by Crippen LogP contribution is 2.26. The summed E-state index contributed by atoms with van der Waals surface area (Å²) in [5, 5.41) is 13.4. The number of nitrogens with zero attached hydrogens (tertiary/aromatic N) is 1. The fourth-order valence-electron chi connectivity index (χ4n) is 2.32. The third-order valence-corrected chi connectivity index (χ3v) is 3.70. The lowest BCUT2D eigenvalue weighted by Gasteiger charge is -2.11. The van der Waals surface area contributed by atoms with Gasteiger partial charge in [-0.25, -0.2) is 4.79 Å². The lowest BCUT2D eigenvalue weighted by molar-refractivity contribution is -0.384. The van der Waals surface area contributed by atoms with Gasteiger partial charge in [0.1, 0.15) is 17.9 Å². The number of non-ortho nitro benzene ring substituents is 1. The molecule has 0 radical (unpaired) electrons. The van der Waals surface area contributed by atoms with E-state index in [0.29, 0.717) is 11.5 Å². The van der Waals surface area contributed by atoms with Gasteiger partial charge >= 0.3 is 5.97 Å². The molecule has 0 fully saturated rings. The first-order valence-electron chi connectivity index (χ1n) is 8.48. The van der Waals surface area contributed by atoms with Crippen molar-refractivity contribution in [3.8, 4) is 17.2 Å². The number of rotatable bonds is 10. The second-order valence-corrected chi connectivity index (χ2v) is 5.57. The van der Waals surface area contributed by atoms with Gasteiger partial charge in [-0.1, -0.05) is 12.1 Å². The van der Waals surface area contributed by atoms with E-state index in [1.165, 1.54) is 26.4 Å². The minimum atomic E-state index is -0.911. The summed E-state index contributed by atoms with van der Waals surface area (Å²) in [4.78, 5) is 34.2. The minimum Gasteiger partial charge on any atom is -0.496 e. The van der Waals surface area contributed by atoms with E-state index in [4.69, 9.17) is 18.9 Å². The van der Waals surface area contributed by atoms with Crippen LogP contribution >= 0.6 is 0 Å². The van der Waals surface area contributed by atoms with Crippen molar-refractivity contribution >= 4 is 17.6 Å². The van der Waals surface area contributed by atoms with Gasteiger partial charge in [-0.05, 0) is 18.2 Å². The van der Waals surface area contributed by atoms with Crippen LogP contribution in [0.5, 0.6) is 17.2 Å². The summed E-state index contributed by atoms with van der Waals surface area (Å²) >= 11 is 0. The lowest BCUT2D eigenvalue weighted by atomic mass is 10.2. The fraction of sp³-hybridized carbons (Fsp3) is 0.263. The average molecular weight is 404 g/mol. The van der Waals surface area contributed by atoms with Gasteiger partial charge < -0.3 is 24.3 Å². The molecule has 154 valence electrons. The standard InChI is InChI=1S/C19H20N2O8/c1-26-15-8-7-13(21(24)25)11-14(15)19(23)29-12-18(22)20-9-10-28-17-6-4-3-5-16(17)27-2/h3-8,11H,9-10,12H2,1-2H3,(H,20,22). The monoisotopic (exact) mass is 404 g/mol. The number of benzene rings is 2. The molecule has 0 saturated heterocycles. The molecule has 0 saturated carbocycles. The molecule has 10 heteroatoms. The normalized spacial score (nSPS) is 10.0. The molecule has 1 amide bonds. The van der Waals surface area contributed by atoms with Crippen LogP contribution in [0.4, 0.5) is 5.69 Å². The summed E-state index contributed by atoms with van der Waals surface area (Å²) in [5.74, 6) is -0.254. The van der Waals surface area contributed by atoms with Crippen LogP contribution in [0.2, 0.25) is 0 Å². The molecule has 0 aromatic heterocycles. The van der Waals surface area contributed by atoms with E-state index in [9.17, 15) is 19.7 Å². The van der Waals surface area contributed by atoms with Gasteiger partial charge in [0.25, 0.3) is 11.6 Å². The maximum absolute atomic E-state index is 12.1. The summed E-state index contributed by atoms with van der Waals surface area (Å²) in [5.41, 5.74) is -0.440. The number of esters is 1. The minimum absolute atomic E-state index is 0.103. The first-order valence-corrected chi connectivity index (χ1v) is 8.48. The van der Waals surface area contributed by atoms with Crippen molar-refractivity contribution < 1.29 is 33.5 Å². The Labute approximate surface area is 166 Å². The first-order chi connectivity index (χ1) is 14.0. The Morgan fingerprint density at radius 2 is 1.72 bits per heavy atom. The molecular weight excluding hydrogens is 384 g/mol. The van der Waals surface area contributed by atoms with E-state index >= 15 is 0 Å². The summed E-state index contributed by atoms with van der Waals surface area (Å²) in [7, 11) is 2.83. The van der Waals surface area contributed by atoms with Crippen molar-refractivity contribution in [2.75, 3.05) is 34.0 Å². The van der Waals surface area contributed by atoms with Crippen LogP contribution in [0.3, 0.4) is 0 Å². The molecule has 0 bridgehead atoms. The number of ether oxygens (including phenoxy) is 4. The highest BCUT2D eigenvalue weighted by Gasteiger charge is 2.19. The molecule has 10 nitrogen and oxygen atoms in total. The van der Waals surface area contributed by atoms with Crippen molar-refractivity contribution in [2.45, 2.75) is 0 Å². The molecule has 2 rings (SSSR count). The number of carbonyl (C=O) groups excluding carboxylic acids is 2. The Morgan fingerprint density at radius 1 is 1.03 bits per heavy atom. The Morgan fingerprint density at radius 3 is 2.38 bits per heavy atom. The van der Waals surface area contributed by atoms with Gasteiger partial charge in [0.15, 0.2) is 18.1 Å². The smallest absolute Gasteiger partial charge is 0.342 e. The van der Waals surface area contributed by atoms with Crippen LogP contribution in [0.25, 0.3) is 0 Å². The van der Waals surface area contributed by atoms with Gasteiger partial charge in [0, 0.05) is 12.1 Å². The van der Waals surface area contributed by atoms with Crippen molar-refractivity contribution in [1.29, 1.82) is 0 Å². The molecule has 2 aromatic rings. The Kier molecular flexibility index (Phi) is 7.78. The number of nitrogens with one attached hydrogen (secondary N) is 1. The Bertz CT molecular complexity index is 884. The molecule has 29 heavy (non-hydrogen) atoms. The maximum atomic E-state index is 12.1. The molecule has 0 spiro atoms. The van der Waals surface area contributed by atoms with Crippen LogP contribution in [-0.2, 0) is 9.53 Å². The van der Waals surface area contributed by atoms with E-state index in [1.807, 2.05) is 0 Å². The van der Waals surface area contributed by atoms with Gasteiger partial charge in [0.2, 0.25) is 0 Å². The van der Waals surface area contributed by atoms with Crippen LogP contribution in [0, 0.1) is 10.1 Å². The second kappa shape index (κ2) is 10.5. The predicted octanol–water partition coefficient (Wildman–Crippen LogP) is 1.96. The van der Waals surface area contributed by atoms with E-state index in [0.717, 1.165) is 6.07 Å². The SMILES string of the molecule is COc1ccccc1OCCNC(=O)COC(=O)c1cc([N+](=O)[O-])ccc1OC. The van der Waals surface area contributed by atoms with Crippen molar-refractivity contribution in [1.82, 2.24) is 5.32 Å². The summed E-state index contributed by atoms with van der Waals surface area (Å²) < 4.78 is 20.6. The number of nitro benzene ring substituents is 1. The number of methoxy groups -OCH3 is 2. The topological polar surface area (TPSA) is 126 Å². The highest BCUT2D eigenvalue weighted by molar-refractivity contribution is 5.94. The fourth-order valence-corrected chi connectivity index (χ4v) is 2.32. The summed E-state index contributed by atoms with van der Waals surface area (Å²) in [6.45, 7) is -0.202. The highest BCUT2D eigenvalue weighted by atomic mass is 16.6. The summed E-state index contributed by atoms with van der Waals surface area (Å²) in [6.07, 6.45) is 0. The zero-order chi connectivity index (χ0) is 21.2. The maximum Gasteiger partial charge on any atom is 0.342 e. The van der Waals surface area contributed by atoms with Gasteiger partial charge in [-0.2, -0.15) is 0 Å². The van der Waals surface area contributed by atoms with Crippen LogP contribution in [-0.4, -0.2) is 50.8 Å². The van der Waals surface area contributed by atoms with Crippen molar-refractivity contribution in [3.05, 3.63) is 58.1 Å². The zero-order valence-electron chi connectivity index (χ0n) is 15.9. The molecule has 0 aliphatic carbocycles. The first kappa shape index (κ1) is 21.5. The number of nitro groups is 1. The van der Waals surface area contributed by atoms with E-state index < -0.39 is 23.4 Å². The molecule has 2 aromatic carbocycles. The van der Waals surface area contributed by atoms with E-state index in [2.05, 4.69) is 5.32 Å². The average Bonchev–Trinajstić information content (AvgIpc) is 2.74. The summed E-state index contributed by atoms with van der Waals surface area (Å²) in [6, 6.07) is 10.6. The lowest BCUT2D eigenvalue weighted by Crippen LogP contribution is -2.32. The largest absolute Gasteiger partial charge is 0.496 e. The van der Waals surface area contributed by atoms with Crippen LogP contribution in [0.1, 0.15) is 10.4 Å². The van der Waals surface area contributed by atoms with Gasteiger partial charge in [-0.3, -0.25) is 14.9 Å². The van der Waals surface area contributed by atoms with Crippen LogP contribution < -0.4 is 19.5 Å². The molecule has 0 aliphatic rings. The molecule has 0 aliphatic heterocycles. The molecular formula is C19H20N2O8. The molecule has 1 N–H and O–H groups in total. The molecule has 0 heterocycles. The Hall–Kier alpha value is -3.82. The zero-order valence-corrected chi connectivity index (χ0v) is 15.9. The molecule has 0 unspecified atom stereocenters. The van der Waals surface area contributed by atoms with Crippen molar-refractivity contribution in [3.63, 3.8) is 0 Å². The number of para-hydroxylation sites is 2. The van der Waals surface area contributed by atoms with Gasteiger partial charge in [0.05, 0.1) is 25.7 Å².